The third-order valence-electron chi connectivity index (χ3n) is 2.93. The van der Waals surface area contributed by atoms with Gasteiger partial charge in [0, 0.05) is 6.54 Å². The minimum atomic E-state index is -0.208. The van der Waals surface area contributed by atoms with Gasteiger partial charge in [0.25, 0.3) is 0 Å². The van der Waals surface area contributed by atoms with Crippen molar-refractivity contribution < 1.29 is 13.9 Å². The van der Waals surface area contributed by atoms with Crippen LogP contribution in [0, 0.1) is 18.7 Å². The number of benzene rings is 1. The molecule has 0 heterocycles. The first-order valence-corrected chi connectivity index (χ1v) is 6.08. The lowest BCUT2D eigenvalue weighted by Gasteiger charge is -2.11. The summed E-state index contributed by atoms with van der Waals surface area (Å²) >= 11 is 0. The van der Waals surface area contributed by atoms with Crippen molar-refractivity contribution in [2.75, 3.05) is 20.2 Å². The van der Waals surface area contributed by atoms with E-state index in [4.69, 9.17) is 0 Å². The number of hydrogen-bond donors (Lipinski definition) is 1. The van der Waals surface area contributed by atoms with Gasteiger partial charge in [-0.05, 0) is 43.1 Å². The van der Waals surface area contributed by atoms with E-state index in [1.165, 1.54) is 19.2 Å². The van der Waals surface area contributed by atoms with E-state index in [0.717, 1.165) is 24.1 Å². The number of esters is 1. The molecule has 0 aliphatic heterocycles. The van der Waals surface area contributed by atoms with E-state index in [1.54, 1.807) is 6.07 Å². The van der Waals surface area contributed by atoms with Gasteiger partial charge < -0.3 is 10.1 Å². The van der Waals surface area contributed by atoms with E-state index in [2.05, 4.69) is 10.1 Å². The van der Waals surface area contributed by atoms with Crippen LogP contribution in [-0.2, 0) is 16.0 Å². The third kappa shape index (κ3) is 4.45. The average Bonchev–Trinajstić information content (AvgIpc) is 2.35. The van der Waals surface area contributed by atoms with Crippen LogP contribution in [0.15, 0.2) is 18.2 Å². The second-order valence-corrected chi connectivity index (χ2v) is 4.45. The van der Waals surface area contributed by atoms with Crippen LogP contribution in [0.2, 0.25) is 0 Å². The Kier molecular flexibility index (Phi) is 5.78. The molecule has 1 unspecified atom stereocenters. The van der Waals surface area contributed by atoms with Gasteiger partial charge >= 0.3 is 5.97 Å². The van der Waals surface area contributed by atoms with Crippen molar-refractivity contribution >= 4 is 5.97 Å². The standard InChI is InChI=1S/C14H20FNO2/c1-10-8-13(15)5-4-12(10)6-7-16-9-11(2)14(17)18-3/h4-5,8,11,16H,6-7,9H2,1-3H3. The summed E-state index contributed by atoms with van der Waals surface area (Å²) in [5.41, 5.74) is 2.08. The van der Waals surface area contributed by atoms with Crippen LogP contribution in [0.25, 0.3) is 0 Å². The Morgan fingerprint density at radius 3 is 2.83 bits per heavy atom. The molecule has 1 aromatic rings. The third-order valence-corrected chi connectivity index (χ3v) is 2.93. The summed E-state index contributed by atoms with van der Waals surface area (Å²) in [5, 5.41) is 3.20. The molecule has 0 spiro atoms. The Balaban J connectivity index is 2.32. The number of methoxy groups -OCH3 is 1. The minimum absolute atomic E-state index is 0.149. The summed E-state index contributed by atoms with van der Waals surface area (Å²) < 4.78 is 17.5. The SMILES string of the molecule is COC(=O)C(C)CNCCc1ccc(F)cc1C. The first-order chi connectivity index (χ1) is 8.54. The monoisotopic (exact) mass is 253 g/mol. The number of hydrogen-bond acceptors (Lipinski definition) is 3. The van der Waals surface area contributed by atoms with E-state index >= 15 is 0 Å². The van der Waals surface area contributed by atoms with Crippen molar-refractivity contribution in [2.24, 2.45) is 5.92 Å². The lowest BCUT2D eigenvalue weighted by molar-refractivity contribution is -0.144. The second-order valence-electron chi connectivity index (χ2n) is 4.45. The van der Waals surface area contributed by atoms with E-state index in [9.17, 15) is 9.18 Å². The van der Waals surface area contributed by atoms with Gasteiger partial charge in [0.05, 0.1) is 13.0 Å². The molecular weight excluding hydrogens is 233 g/mol. The number of rotatable bonds is 6. The van der Waals surface area contributed by atoms with Crippen molar-refractivity contribution in [1.82, 2.24) is 5.32 Å². The fraction of sp³-hybridized carbons (Fsp3) is 0.500. The van der Waals surface area contributed by atoms with E-state index < -0.39 is 0 Å². The first kappa shape index (κ1) is 14.6. The quantitative estimate of drug-likeness (QED) is 0.623. The maximum absolute atomic E-state index is 12.9. The molecule has 3 nitrogen and oxygen atoms in total. The van der Waals surface area contributed by atoms with Gasteiger partial charge in [-0.25, -0.2) is 4.39 Å². The van der Waals surface area contributed by atoms with Crippen LogP contribution >= 0.6 is 0 Å². The number of aryl methyl sites for hydroxylation is 1. The highest BCUT2D eigenvalue weighted by atomic mass is 19.1. The lowest BCUT2D eigenvalue weighted by Crippen LogP contribution is -2.28. The Bertz CT molecular complexity index is 407. The van der Waals surface area contributed by atoms with Crippen molar-refractivity contribution in [3.05, 3.63) is 35.1 Å². The summed E-state index contributed by atoms with van der Waals surface area (Å²) in [6.45, 7) is 5.07. The fourth-order valence-corrected chi connectivity index (χ4v) is 1.77. The van der Waals surface area contributed by atoms with Crippen LogP contribution < -0.4 is 5.32 Å². The average molecular weight is 253 g/mol. The number of carbonyl (C=O) groups excluding carboxylic acids is 1. The zero-order chi connectivity index (χ0) is 13.5. The largest absolute Gasteiger partial charge is 0.469 e. The molecule has 0 fully saturated rings. The van der Waals surface area contributed by atoms with Crippen molar-refractivity contribution in [3.63, 3.8) is 0 Å². The topological polar surface area (TPSA) is 38.3 Å². The smallest absolute Gasteiger partial charge is 0.309 e. The van der Waals surface area contributed by atoms with Gasteiger partial charge in [0.15, 0.2) is 0 Å². The maximum atomic E-state index is 12.9. The molecule has 1 aromatic carbocycles. The summed E-state index contributed by atoms with van der Waals surface area (Å²) in [5.74, 6) is -0.562. The molecule has 4 heteroatoms. The van der Waals surface area contributed by atoms with E-state index in [1.807, 2.05) is 13.8 Å². The van der Waals surface area contributed by atoms with Gasteiger partial charge in [0.2, 0.25) is 0 Å². The van der Waals surface area contributed by atoms with Crippen LogP contribution in [0.5, 0.6) is 0 Å². The molecule has 0 aliphatic carbocycles. The summed E-state index contributed by atoms with van der Waals surface area (Å²) in [7, 11) is 1.39. The van der Waals surface area contributed by atoms with Crippen LogP contribution in [0.3, 0.4) is 0 Å². The van der Waals surface area contributed by atoms with E-state index in [0.29, 0.717) is 6.54 Å². The minimum Gasteiger partial charge on any atom is -0.469 e. The molecule has 18 heavy (non-hydrogen) atoms. The molecule has 0 saturated heterocycles. The normalized spacial score (nSPS) is 12.2. The Hall–Kier alpha value is -1.42. The van der Waals surface area contributed by atoms with Gasteiger partial charge in [-0.2, -0.15) is 0 Å². The molecule has 100 valence electrons. The number of nitrogens with one attached hydrogen (secondary N) is 1. The predicted molar refractivity (Wildman–Crippen MR) is 68.9 cm³/mol. The highest BCUT2D eigenvalue weighted by Gasteiger charge is 2.11. The fourth-order valence-electron chi connectivity index (χ4n) is 1.77. The molecule has 1 atom stereocenters. The predicted octanol–water partition coefficient (Wildman–Crippen LogP) is 2.08. The zero-order valence-corrected chi connectivity index (χ0v) is 11.1. The number of halogens is 1. The molecule has 0 saturated carbocycles. The summed E-state index contributed by atoms with van der Waals surface area (Å²) in [6, 6.07) is 4.81. The molecule has 0 bridgehead atoms. The lowest BCUT2D eigenvalue weighted by atomic mass is 10.1. The molecular formula is C14H20FNO2. The molecule has 1 rings (SSSR count). The number of carbonyl (C=O) groups is 1. The Labute approximate surface area is 107 Å². The van der Waals surface area contributed by atoms with Gasteiger partial charge in [-0.15, -0.1) is 0 Å². The van der Waals surface area contributed by atoms with Crippen LogP contribution in [0.4, 0.5) is 4.39 Å². The van der Waals surface area contributed by atoms with Crippen molar-refractivity contribution in [3.8, 4) is 0 Å². The maximum Gasteiger partial charge on any atom is 0.309 e. The summed E-state index contributed by atoms with van der Waals surface area (Å²) in [4.78, 5) is 11.2. The van der Waals surface area contributed by atoms with E-state index in [-0.39, 0.29) is 17.7 Å². The number of ether oxygens (including phenoxy) is 1. The first-order valence-electron chi connectivity index (χ1n) is 6.08. The van der Waals surface area contributed by atoms with Gasteiger partial charge in [-0.1, -0.05) is 13.0 Å². The summed E-state index contributed by atoms with van der Waals surface area (Å²) in [6.07, 6.45) is 0.819. The van der Waals surface area contributed by atoms with Gasteiger partial charge in [0.1, 0.15) is 5.82 Å². The molecule has 0 aliphatic rings. The molecule has 1 N–H and O–H groups in total. The van der Waals surface area contributed by atoms with Crippen molar-refractivity contribution in [2.45, 2.75) is 20.3 Å². The molecule has 0 radical (unpaired) electrons. The molecule has 0 amide bonds. The Morgan fingerprint density at radius 1 is 1.50 bits per heavy atom. The Morgan fingerprint density at radius 2 is 2.22 bits per heavy atom. The van der Waals surface area contributed by atoms with Crippen molar-refractivity contribution in [1.29, 1.82) is 0 Å². The highest BCUT2D eigenvalue weighted by molar-refractivity contribution is 5.71. The van der Waals surface area contributed by atoms with Crippen LogP contribution in [-0.4, -0.2) is 26.2 Å². The zero-order valence-electron chi connectivity index (χ0n) is 11.1. The van der Waals surface area contributed by atoms with Gasteiger partial charge in [-0.3, -0.25) is 4.79 Å². The molecule has 0 aromatic heterocycles. The van der Waals surface area contributed by atoms with Crippen LogP contribution in [0.1, 0.15) is 18.1 Å². The second kappa shape index (κ2) is 7.11. The highest BCUT2D eigenvalue weighted by Crippen LogP contribution is 2.10.